The van der Waals surface area contributed by atoms with Crippen LogP contribution in [0.4, 0.5) is 0 Å². The fourth-order valence-corrected chi connectivity index (χ4v) is 2.45. The zero-order valence-electron chi connectivity index (χ0n) is 13.4. The van der Waals surface area contributed by atoms with Gasteiger partial charge in [0.15, 0.2) is 5.96 Å². The van der Waals surface area contributed by atoms with Gasteiger partial charge in [-0.3, -0.25) is 9.98 Å². The quantitative estimate of drug-likeness (QED) is 0.544. The Hall–Kier alpha value is -1.66. The van der Waals surface area contributed by atoms with E-state index in [2.05, 4.69) is 27.5 Å². The van der Waals surface area contributed by atoms with Gasteiger partial charge in [0.05, 0.1) is 18.2 Å². The maximum Gasteiger partial charge on any atom is 0.191 e. The summed E-state index contributed by atoms with van der Waals surface area (Å²) in [6.07, 6.45) is 4.89. The highest BCUT2D eigenvalue weighted by Crippen LogP contribution is 2.24. The van der Waals surface area contributed by atoms with Crippen molar-refractivity contribution < 1.29 is 9.84 Å². The number of ether oxygens (including phenoxy) is 1. The third-order valence-corrected chi connectivity index (χ3v) is 3.77. The summed E-state index contributed by atoms with van der Waals surface area (Å²) in [6, 6.07) is 3.62. The molecule has 0 aromatic carbocycles. The van der Waals surface area contributed by atoms with E-state index < -0.39 is 6.10 Å². The predicted octanol–water partition coefficient (Wildman–Crippen LogP) is 1.24. The standard InChI is InChI=1S/C16H26N4O2/c1-3-18-15(20-12-16(2)7-4-10-22-16)19-11-14(21)13-5-8-17-9-6-13/h5-6,8-9,14,21H,3-4,7,10-12H2,1-2H3,(H2,18,19,20). The number of nitrogens with one attached hydrogen (secondary N) is 2. The molecular weight excluding hydrogens is 280 g/mol. The van der Waals surface area contributed by atoms with E-state index in [1.54, 1.807) is 12.4 Å². The largest absolute Gasteiger partial charge is 0.387 e. The molecule has 2 unspecified atom stereocenters. The summed E-state index contributed by atoms with van der Waals surface area (Å²) in [5, 5.41) is 16.5. The van der Waals surface area contributed by atoms with Crippen molar-refractivity contribution in [3.8, 4) is 0 Å². The van der Waals surface area contributed by atoms with E-state index in [0.717, 1.165) is 31.6 Å². The lowest BCUT2D eigenvalue weighted by molar-refractivity contribution is 0.0283. The van der Waals surface area contributed by atoms with Crippen LogP contribution in [0.5, 0.6) is 0 Å². The van der Waals surface area contributed by atoms with Crippen molar-refractivity contribution in [3.05, 3.63) is 30.1 Å². The zero-order chi connectivity index (χ0) is 15.8. The van der Waals surface area contributed by atoms with Crippen molar-refractivity contribution in [3.63, 3.8) is 0 Å². The molecule has 6 nitrogen and oxygen atoms in total. The first kappa shape index (κ1) is 16.7. The van der Waals surface area contributed by atoms with Crippen molar-refractivity contribution in [2.75, 3.05) is 26.2 Å². The van der Waals surface area contributed by atoms with E-state index in [4.69, 9.17) is 4.74 Å². The Morgan fingerprint density at radius 1 is 1.45 bits per heavy atom. The lowest BCUT2D eigenvalue weighted by Crippen LogP contribution is -2.41. The van der Waals surface area contributed by atoms with E-state index in [0.29, 0.717) is 19.0 Å². The van der Waals surface area contributed by atoms with Gasteiger partial charge in [0.2, 0.25) is 0 Å². The molecule has 2 rings (SSSR count). The molecule has 0 saturated carbocycles. The van der Waals surface area contributed by atoms with Gasteiger partial charge in [0.1, 0.15) is 0 Å². The average Bonchev–Trinajstić information content (AvgIpc) is 2.98. The normalized spacial score (nSPS) is 23.3. The van der Waals surface area contributed by atoms with E-state index in [1.807, 2.05) is 19.1 Å². The van der Waals surface area contributed by atoms with Crippen LogP contribution >= 0.6 is 0 Å². The van der Waals surface area contributed by atoms with Crippen LogP contribution in [0.2, 0.25) is 0 Å². The summed E-state index contributed by atoms with van der Waals surface area (Å²) in [6.45, 7) is 6.72. The second kappa shape index (κ2) is 8.10. The SMILES string of the molecule is CCNC(=NCC1(C)CCCO1)NCC(O)c1ccncc1. The number of aliphatic imine (C=N–C) groups is 1. The van der Waals surface area contributed by atoms with Crippen LogP contribution in [0.25, 0.3) is 0 Å². The Morgan fingerprint density at radius 2 is 2.23 bits per heavy atom. The minimum absolute atomic E-state index is 0.161. The number of nitrogens with zero attached hydrogens (tertiary/aromatic N) is 2. The third-order valence-electron chi connectivity index (χ3n) is 3.77. The summed E-state index contributed by atoms with van der Waals surface area (Å²) in [5.74, 6) is 0.701. The van der Waals surface area contributed by atoms with Gasteiger partial charge in [-0.25, -0.2) is 0 Å². The fraction of sp³-hybridized carbons (Fsp3) is 0.625. The van der Waals surface area contributed by atoms with Crippen molar-refractivity contribution in [1.82, 2.24) is 15.6 Å². The molecule has 0 aliphatic carbocycles. The Balaban J connectivity index is 1.88. The summed E-state index contributed by atoms with van der Waals surface area (Å²) in [5.41, 5.74) is 0.677. The van der Waals surface area contributed by atoms with E-state index in [1.165, 1.54) is 0 Å². The molecular formula is C16H26N4O2. The van der Waals surface area contributed by atoms with E-state index in [-0.39, 0.29) is 5.60 Å². The monoisotopic (exact) mass is 306 g/mol. The van der Waals surface area contributed by atoms with E-state index in [9.17, 15) is 5.11 Å². The fourth-order valence-electron chi connectivity index (χ4n) is 2.45. The summed E-state index contributed by atoms with van der Waals surface area (Å²) in [4.78, 5) is 8.53. The Labute approximate surface area is 132 Å². The number of aromatic nitrogens is 1. The van der Waals surface area contributed by atoms with Crippen molar-refractivity contribution >= 4 is 5.96 Å². The molecule has 1 aliphatic rings. The molecule has 3 N–H and O–H groups in total. The molecule has 2 atom stereocenters. The molecule has 1 aromatic rings. The number of hydrogen-bond acceptors (Lipinski definition) is 4. The van der Waals surface area contributed by atoms with Gasteiger partial charge < -0.3 is 20.5 Å². The van der Waals surface area contributed by atoms with Crippen LogP contribution in [0.1, 0.15) is 38.4 Å². The second-order valence-corrected chi connectivity index (χ2v) is 5.77. The molecule has 2 heterocycles. The van der Waals surface area contributed by atoms with Gasteiger partial charge in [0.25, 0.3) is 0 Å². The van der Waals surface area contributed by atoms with Gasteiger partial charge >= 0.3 is 0 Å². The van der Waals surface area contributed by atoms with Crippen LogP contribution in [-0.4, -0.2) is 47.9 Å². The van der Waals surface area contributed by atoms with Crippen LogP contribution in [0.3, 0.4) is 0 Å². The van der Waals surface area contributed by atoms with E-state index >= 15 is 0 Å². The summed E-state index contributed by atoms with van der Waals surface area (Å²) >= 11 is 0. The number of pyridine rings is 1. The zero-order valence-corrected chi connectivity index (χ0v) is 13.4. The minimum Gasteiger partial charge on any atom is -0.387 e. The molecule has 0 radical (unpaired) electrons. The lowest BCUT2D eigenvalue weighted by atomic mass is 10.0. The first-order valence-electron chi connectivity index (χ1n) is 7.87. The van der Waals surface area contributed by atoms with Crippen LogP contribution < -0.4 is 10.6 Å². The lowest BCUT2D eigenvalue weighted by Gasteiger charge is -2.22. The van der Waals surface area contributed by atoms with Crippen molar-refractivity contribution in [1.29, 1.82) is 0 Å². The first-order chi connectivity index (χ1) is 10.6. The van der Waals surface area contributed by atoms with Crippen LogP contribution in [0.15, 0.2) is 29.5 Å². The van der Waals surface area contributed by atoms with Gasteiger partial charge in [-0.15, -0.1) is 0 Å². The molecule has 1 fully saturated rings. The van der Waals surface area contributed by atoms with Crippen molar-refractivity contribution in [2.45, 2.75) is 38.4 Å². The molecule has 1 saturated heterocycles. The van der Waals surface area contributed by atoms with Crippen molar-refractivity contribution in [2.24, 2.45) is 4.99 Å². The molecule has 0 amide bonds. The predicted molar refractivity (Wildman–Crippen MR) is 86.8 cm³/mol. The number of hydrogen-bond donors (Lipinski definition) is 3. The topological polar surface area (TPSA) is 78.8 Å². The average molecular weight is 306 g/mol. The molecule has 0 spiro atoms. The highest BCUT2D eigenvalue weighted by Gasteiger charge is 2.29. The first-order valence-corrected chi connectivity index (χ1v) is 7.87. The smallest absolute Gasteiger partial charge is 0.191 e. The van der Waals surface area contributed by atoms with Gasteiger partial charge in [-0.1, -0.05) is 0 Å². The summed E-state index contributed by atoms with van der Waals surface area (Å²) < 4.78 is 5.74. The summed E-state index contributed by atoms with van der Waals surface area (Å²) in [7, 11) is 0. The maximum absolute atomic E-state index is 10.2. The molecule has 1 aromatic heterocycles. The second-order valence-electron chi connectivity index (χ2n) is 5.77. The van der Waals surface area contributed by atoms with Crippen LogP contribution in [0, 0.1) is 0 Å². The number of rotatable bonds is 6. The Morgan fingerprint density at radius 3 is 2.86 bits per heavy atom. The Kier molecular flexibility index (Phi) is 6.15. The van der Waals surface area contributed by atoms with Gasteiger partial charge in [0, 0.05) is 32.1 Å². The Bertz CT molecular complexity index is 472. The molecule has 6 heteroatoms. The number of aliphatic hydroxyl groups excluding tert-OH is 1. The van der Waals surface area contributed by atoms with Crippen LogP contribution in [-0.2, 0) is 4.74 Å². The molecule has 122 valence electrons. The molecule has 0 bridgehead atoms. The number of guanidine groups is 1. The minimum atomic E-state index is -0.592. The van der Waals surface area contributed by atoms with Gasteiger partial charge in [-0.05, 0) is 44.4 Å². The molecule has 22 heavy (non-hydrogen) atoms. The van der Waals surface area contributed by atoms with Gasteiger partial charge in [-0.2, -0.15) is 0 Å². The third kappa shape index (κ3) is 4.96. The number of aliphatic hydroxyl groups is 1. The maximum atomic E-state index is 10.2. The molecule has 1 aliphatic heterocycles. The highest BCUT2D eigenvalue weighted by atomic mass is 16.5. The highest BCUT2D eigenvalue weighted by molar-refractivity contribution is 5.79.